The van der Waals surface area contributed by atoms with Crippen molar-refractivity contribution in [2.75, 3.05) is 20.3 Å². The van der Waals surface area contributed by atoms with Gasteiger partial charge in [0.15, 0.2) is 0 Å². The largest absolute Gasteiger partial charge is 0.493 e. The zero-order valence-corrected chi connectivity index (χ0v) is 12.6. The number of carboxylic acid groups (broad SMARTS) is 1. The molecule has 1 saturated carbocycles. The maximum atomic E-state index is 12.2. The molecule has 0 aliphatic heterocycles. The van der Waals surface area contributed by atoms with Crippen LogP contribution >= 0.6 is 0 Å². The summed E-state index contributed by atoms with van der Waals surface area (Å²) in [4.78, 5) is 23.5. The van der Waals surface area contributed by atoms with Crippen LogP contribution < -0.4 is 10.1 Å². The SMILES string of the molecule is COCCCOc1cccc(C(=O)NC2(C(=O)O)CCC2)c1. The van der Waals surface area contributed by atoms with E-state index in [1.54, 1.807) is 31.4 Å². The summed E-state index contributed by atoms with van der Waals surface area (Å²) in [6.45, 7) is 1.11. The van der Waals surface area contributed by atoms with E-state index in [1.165, 1.54) is 0 Å². The highest BCUT2D eigenvalue weighted by Crippen LogP contribution is 2.32. The molecule has 0 aromatic heterocycles. The minimum atomic E-state index is -1.10. The molecular formula is C16H21NO5. The Morgan fingerprint density at radius 1 is 1.32 bits per heavy atom. The van der Waals surface area contributed by atoms with Gasteiger partial charge in [0.25, 0.3) is 5.91 Å². The standard InChI is InChI=1S/C16H21NO5/c1-21-9-4-10-22-13-6-2-5-12(11-13)14(18)17-16(15(19)20)7-3-8-16/h2,5-6,11H,3-4,7-10H2,1H3,(H,17,18)(H,19,20). The van der Waals surface area contributed by atoms with E-state index in [-0.39, 0.29) is 5.91 Å². The first kappa shape index (κ1) is 16.3. The number of nitrogens with one attached hydrogen (secondary N) is 1. The number of rotatable bonds is 8. The average molecular weight is 307 g/mol. The van der Waals surface area contributed by atoms with Crippen LogP contribution in [0.3, 0.4) is 0 Å². The average Bonchev–Trinajstić information content (AvgIpc) is 2.47. The second-order valence-corrected chi connectivity index (χ2v) is 5.42. The second-order valence-electron chi connectivity index (χ2n) is 5.42. The van der Waals surface area contributed by atoms with Crippen LogP contribution in [0.5, 0.6) is 5.75 Å². The maximum absolute atomic E-state index is 12.2. The van der Waals surface area contributed by atoms with Crippen LogP contribution in [-0.4, -0.2) is 42.8 Å². The Morgan fingerprint density at radius 2 is 2.09 bits per heavy atom. The number of carbonyl (C=O) groups excluding carboxylic acids is 1. The van der Waals surface area contributed by atoms with Crippen LogP contribution in [0, 0.1) is 0 Å². The number of hydrogen-bond acceptors (Lipinski definition) is 4. The molecule has 0 saturated heterocycles. The van der Waals surface area contributed by atoms with Gasteiger partial charge in [0, 0.05) is 25.7 Å². The van der Waals surface area contributed by atoms with Gasteiger partial charge >= 0.3 is 5.97 Å². The van der Waals surface area contributed by atoms with Crippen molar-refractivity contribution in [1.29, 1.82) is 0 Å². The van der Waals surface area contributed by atoms with Gasteiger partial charge in [-0.1, -0.05) is 6.07 Å². The summed E-state index contributed by atoms with van der Waals surface area (Å²) in [6, 6.07) is 6.75. The minimum Gasteiger partial charge on any atom is -0.493 e. The lowest BCUT2D eigenvalue weighted by Crippen LogP contribution is -2.59. The fraction of sp³-hybridized carbons (Fsp3) is 0.500. The molecular weight excluding hydrogens is 286 g/mol. The zero-order valence-electron chi connectivity index (χ0n) is 12.6. The number of amides is 1. The van der Waals surface area contributed by atoms with Crippen molar-refractivity contribution in [3.05, 3.63) is 29.8 Å². The van der Waals surface area contributed by atoms with Crippen LogP contribution in [0.15, 0.2) is 24.3 Å². The van der Waals surface area contributed by atoms with E-state index >= 15 is 0 Å². The van der Waals surface area contributed by atoms with Crippen molar-refractivity contribution in [3.63, 3.8) is 0 Å². The summed E-state index contributed by atoms with van der Waals surface area (Å²) in [6.07, 6.45) is 2.52. The Balaban J connectivity index is 1.96. The Bertz CT molecular complexity index is 539. The molecule has 0 heterocycles. The van der Waals surface area contributed by atoms with Crippen LogP contribution in [0.2, 0.25) is 0 Å². The quantitative estimate of drug-likeness (QED) is 0.716. The molecule has 0 atom stereocenters. The summed E-state index contributed by atoms with van der Waals surface area (Å²) >= 11 is 0. The van der Waals surface area contributed by atoms with Gasteiger partial charge in [0.05, 0.1) is 6.61 Å². The number of aliphatic carboxylic acids is 1. The number of ether oxygens (including phenoxy) is 2. The zero-order chi connectivity index (χ0) is 16.0. The van der Waals surface area contributed by atoms with Gasteiger partial charge in [0.2, 0.25) is 0 Å². The molecule has 1 amide bonds. The van der Waals surface area contributed by atoms with Gasteiger partial charge in [-0.15, -0.1) is 0 Å². The summed E-state index contributed by atoms with van der Waals surface area (Å²) < 4.78 is 10.5. The van der Waals surface area contributed by atoms with E-state index in [0.717, 1.165) is 12.8 Å². The van der Waals surface area contributed by atoms with Gasteiger partial charge < -0.3 is 19.9 Å². The topological polar surface area (TPSA) is 84.9 Å². The van der Waals surface area contributed by atoms with Crippen molar-refractivity contribution in [3.8, 4) is 5.75 Å². The molecule has 1 aliphatic carbocycles. The molecule has 0 bridgehead atoms. The molecule has 0 spiro atoms. The summed E-state index contributed by atoms with van der Waals surface area (Å²) in [5.74, 6) is -0.773. The Hall–Kier alpha value is -2.08. The maximum Gasteiger partial charge on any atom is 0.329 e. The number of methoxy groups -OCH3 is 1. The Kier molecular flexibility index (Phi) is 5.38. The van der Waals surface area contributed by atoms with Gasteiger partial charge in [-0.25, -0.2) is 4.79 Å². The molecule has 2 N–H and O–H groups in total. The first-order valence-corrected chi connectivity index (χ1v) is 7.35. The molecule has 1 fully saturated rings. The van der Waals surface area contributed by atoms with Crippen molar-refractivity contribution in [2.45, 2.75) is 31.2 Å². The van der Waals surface area contributed by atoms with E-state index in [0.29, 0.717) is 37.4 Å². The first-order chi connectivity index (χ1) is 10.6. The fourth-order valence-electron chi connectivity index (χ4n) is 2.33. The van der Waals surface area contributed by atoms with Crippen LogP contribution in [0.25, 0.3) is 0 Å². The third-order valence-corrected chi connectivity index (χ3v) is 3.83. The highest BCUT2D eigenvalue weighted by molar-refractivity contribution is 5.98. The molecule has 1 aliphatic rings. The Morgan fingerprint density at radius 3 is 2.68 bits per heavy atom. The van der Waals surface area contributed by atoms with Gasteiger partial charge in [-0.3, -0.25) is 4.79 Å². The number of carbonyl (C=O) groups is 2. The molecule has 6 nitrogen and oxygen atoms in total. The third-order valence-electron chi connectivity index (χ3n) is 3.83. The minimum absolute atomic E-state index is 0.385. The Labute approximate surface area is 129 Å². The molecule has 0 radical (unpaired) electrons. The van der Waals surface area contributed by atoms with Crippen molar-refractivity contribution in [1.82, 2.24) is 5.32 Å². The third kappa shape index (κ3) is 3.76. The monoisotopic (exact) mass is 307 g/mol. The van der Waals surface area contributed by atoms with E-state index in [1.807, 2.05) is 0 Å². The van der Waals surface area contributed by atoms with E-state index in [4.69, 9.17) is 9.47 Å². The number of benzene rings is 1. The van der Waals surface area contributed by atoms with E-state index < -0.39 is 11.5 Å². The highest BCUT2D eigenvalue weighted by Gasteiger charge is 2.45. The van der Waals surface area contributed by atoms with Crippen molar-refractivity contribution >= 4 is 11.9 Å². The molecule has 6 heteroatoms. The fourth-order valence-corrected chi connectivity index (χ4v) is 2.33. The second kappa shape index (κ2) is 7.26. The van der Waals surface area contributed by atoms with Crippen molar-refractivity contribution < 1.29 is 24.2 Å². The molecule has 1 aromatic carbocycles. The lowest BCUT2D eigenvalue weighted by atomic mass is 9.76. The van der Waals surface area contributed by atoms with Crippen LogP contribution in [-0.2, 0) is 9.53 Å². The van der Waals surface area contributed by atoms with Crippen molar-refractivity contribution in [2.24, 2.45) is 0 Å². The van der Waals surface area contributed by atoms with Crippen LogP contribution in [0.4, 0.5) is 0 Å². The predicted molar refractivity (Wildman–Crippen MR) is 80.1 cm³/mol. The van der Waals surface area contributed by atoms with Crippen LogP contribution in [0.1, 0.15) is 36.0 Å². The molecule has 120 valence electrons. The van der Waals surface area contributed by atoms with Gasteiger partial charge in [-0.2, -0.15) is 0 Å². The smallest absolute Gasteiger partial charge is 0.329 e. The molecule has 22 heavy (non-hydrogen) atoms. The lowest BCUT2D eigenvalue weighted by Gasteiger charge is -2.38. The molecule has 1 aromatic rings. The summed E-state index contributed by atoms with van der Waals surface area (Å²) in [5.41, 5.74) is -0.705. The molecule has 2 rings (SSSR count). The number of hydrogen-bond donors (Lipinski definition) is 2. The highest BCUT2D eigenvalue weighted by atomic mass is 16.5. The first-order valence-electron chi connectivity index (χ1n) is 7.35. The number of carboxylic acids is 1. The molecule has 0 unspecified atom stereocenters. The summed E-state index contributed by atoms with van der Waals surface area (Å²) in [7, 11) is 1.63. The van der Waals surface area contributed by atoms with E-state index in [9.17, 15) is 14.7 Å². The normalized spacial score (nSPS) is 15.7. The van der Waals surface area contributed by atoms with Gasteiger partial charge in [-0.05, 0) is 37.5 Å². The lowest BCUT2D eigenvalue weighted by molar-refractivity contribution is -0.148. The van der Waals surface area contributed by atoms with E-state index in [2.05, 4.69) is 5.32 Å². The summed E-state index contributed by atoms with van der Waals surface area (Å²) in [5, 5.41) is 11.9. The van der Waals surface area contributed by atoms with Gasteiger partial charge in [0.1, 0.15) is 11.3 Å². The predicted octanol–water partition coefficient (Wildman–Crippen LogP) is 1.84.